The van der Waals surface area contributed by atoms with Gasteiger partial charge in [0.1, 0.15) is 12.0 Å². The van der Waals surface area contributed by atoms with E-state index in [2.05, 4.69) is 26.3 Å². The Morgan fingerprint density at radius 2 is 2.18 bits per heavy atom. The van der Waals surface area contributed by atoms with Gasteiger partial charge in [0, 0.05) is 59.8 Å². The van der Waals surface area contributed by atoms with Crippen molar-refractivity contribution in [1.82, 2.24) is 14.9 Å². The molecular weight excluding hydrogens is 450 g/mol. The molecule has 4 aliphatic heterocycles. The fraction of sp³-hybridized carbons (Fsp3) is 0.538. The summed E-state index contributed by atoms with van der Waals surface area (Å²) in [6.45, 7) is 7.07. The quantitative estimate of drug-likeness (QED) is 0.549. The molecule has 0 aliphatic carbocycles. The Morgan fingerprint density at radius 1 is 1.26 bits per heavy atom. The molecule has 1 spiro atoms. The molecule has 3 N–H and O–H groups in total. The van der Waals surface area contributed by atoms with Crippen molar-refractivity contribution in [3.63, 3.8) is 0 Å². The topological polar surface area (TPSA) is 60.0 Å². The molecule has 0 bridgehead atoms. The minimum atomic E-state index is -0.563. The number of aliphatic hydroxyl groups excluding tert-OH is 1. The van der Waals surface area contributed by atoms with E-state index in [1.807, 2.05) is 24.3 Å². The number of nitrogens with zero attached hydrogens (tertiary/aromatic N) is 2. The monoisotopic (exact) mass is 484 g/mol. The molecule has 3 saturated heterocycles. The maximum atomic E-state index is 15.0. The van der Waals surface area contributed by atoms with Crippen LogP contribution in [-0.4, -0.2) is 60.1 Å². The Kier molecular flexibility index (Phi) is 6.35. The van der Waals surface area contributed by atoms with Gasteiger partial charge in [-0.3, -0.25) is 4.90 Å². The van der Waals surface area contributed by atoms with Crippen molar-refractivity contribution < 1.29 is 14.2 Å². The summed E-state index contributed by atoms with van der Waals surface area (Å²) in [5, 5.41) is 19.0. The van der Waals surface area contributed by atoms with E-state index in [1.165, 1.54) is 6.42 Å². The van der Waals surface area contributed by atoms with Gasteiger partial charge in [-0.15, -0.1) is 0 Å². The minimum absolute atomic E-state index is 0.157. The fourth-order valence-corrected chi connectivity index (χ4v) is 7.39. The molecule has 0 radical (unpaired) electrons. The van der Waals surface area contributed by atoms with Gasteiger partial charge in [-0.05, 0) is 58.8 Å². The highest BCUT2D eigenvalue weighted by atomic mass is 31.1. The van der Waals surface area contributed by atoms with Crippen LogP contribution in [-0.2, 0) is 17.8 Å². The number of hydrogen-bond donors (Lipinski definition) is 3. The number of fused-ring (bicyclic) bond motifs is 1. The lowest BCUT2D eigenvalue weighted by Gasteiger charge is -2.37. The van der Waals surface area contributed by atoms with Crippen LogP contribution in [0.2, 0.25) is 0 Å². The summed E-state index contributed by atoms with van der Waals surface area (Å²) in [6, 6.07) is 12.1. The highest BCUT2D eigenvalue weighted by molar-refractivity contribution is 7.45. The zero-order valence-corrected chi connectivity index (χ0v) is 20.5. The van der Waals surface area contributed by atoms with E-state index in [9.17, 15) is 9.50 Å². The van der Waals surface area contributed by atoms with E-state index in [-0.39, 0.29) is 5.82 Å². The van der Waals surface area contributed by atoms with Crippen molar-refractivity contribution in [2.75, 3.05) is 44.7 Å². The van der Waals surface area contributed by atoms with Crippen LogP contribution in [0.15, 0.2) is 36.4 Å². The number of nitrogens with one attached hydrogen (secondary N) is 2. The summed E-state index contributed by atoms with van der Waals surface area (Å²) < 4.78 is 22.6. The third-order valence-electron chi connectivity index (χ3n) is 7.87. The van der Waals surface area contributed by atoms with Crippen LogP contribution >= 0.6 is 8.73 Å². The first kappa shape index (κ1) is 22.8. The largest absolute Gasteiger partial charge is 0.380 e. The molecule has 2 aromatic carbocycles. The predicted molar refractivity (Wildman–Crippen MR) is 134 cm³/mol. The Labute approximate surface area is 202 Å². The van der Waals surface area contributed by atoms with Gasteiger partial charge in [0.05, 0.1) is 13.2 Å². The fourth-order valence-electron chi connectivity index (χ4n) is 5.83. The second kappa shape index (κ2) is 9.45. The van der Waals surface area contributed by atoms with Gasteiger partial charge in [-0.25, -0.2) is 9.06 Å². The summed E-state index contributed by atoms with van der Waals surface area (Å²) in [6.07, 6.45) is 2.87. The molecule has 4 aliphatic rings. The summed E-state index contributed by atoms with van der Waals surface area (Å²) in [4.78, 5) is 2.42. The number of likely N-dealkylation sites (tertiary alicyclic amines) is 1. The van der Waals surface area contributed by atoms with Crippen LogP contribution in [0.4, 0.5) is 10.1 Å². The van der Waals surface area contributed by atoms with Crippen molar-refractivity contribution in [3.8, 4) is 0 Å². The number of anilines is 1. The van der Waals surface area contributed by atoms with Gasteiger partial charge in [0.2, 0.25) is 0 Å². The van der Waals surface area contributed by atoms with Gasteiger partial charge in [-0.1, -0.05) is 24.3 Å². The Morgan fingerprint density at radius 3 is 2.91 bits per heavy atom. The van der Waals surface area contributed by atoms with Crippen LogP contribution in [0, 0.1) is 11.2 Å². The van der Waals surface area contributed by atoms with E-state index < -0.39 is 6.23 Å². The van der Waals surface area contributed by atoms with Gasteiger partial charge in [-0.2, -0.15) is 0 Å². The van der Waals surface area contributed by atoms with E-state index in [0.717, 1.165) is 80.9 Å². The van der Waals surface area contributed by atoms with E-state index >= 15 is 0 Å². The average Bonchev–Trinajstić information content (AvgIpc) is 3.41. The first-order chi connectivity index (χ1) is 16.6. The third kappa shape index (κ3) is 4.39. The molecule has 2 aromatic rings. The minimum Gasteiger partial charge on any atom is -0.380 e. The van der Waals surface area contributed by atoms with E-state index in [4.69, 9.17) is 4.74 Å². The highest BCUT2D eigenvalue weighted by Crippen LogP contribution is 2.43. The predicted octanol–water partition coefficient (Wildman–Crippen LogP) is 2.94. The number of hydrogen-bond acceptors (Lipinski definition) is 6. The summed E-state index contributed by atoms with van der Waals surface area (Å²) in [7, 11) is 0.419. The first-order valence-electron chi connectivity index (χ1n) is 12.5. The molecule has 3 unspecified atom stereocenters. The number of benzene rings is 2. The zero-order valence-electron chi connectivity index (χ0n) is 19.5. The summed E-state index contributed by atoms with van der Waals surface area (Å²) >= 11 is 0. The summed E-state index contributed by atoms with van der Waals surface area (Å²) in [5.74, 6) is -0.157. The maximum absolute atomic E-state index is 15.0. The molecule has 0 amide bonds. The van der Waals surface area contributed by atoms with Crippen molar-refractivity contribution in [3.05, 3.63) is 58.9 Å². The van der Waals surface area contributed by atoms with Gasteiger partial charge in [0.25, 0.3) is 0 Å². The Bertz CT molecular complexity index is 1040. The molecular formula is C26H34FN4O2P. The van der Waals surface area contributed by atoms with Crippen molar-refractivity contribution in [1.29, 1.82) is 0 Å². The summed E-state index contributed by atoms with van der Waals surface area (Å²) in [5.41, 5.74) is 4.03. The third-order valence-corrected chi connectivity index (χ3v) is 9.52. The second-order valence-electron chi connectivity index (χ2n) is 10.4. The van der Waals surface area contributed by atoms with Crippen LogP contribution in [0.3, 0.4) is 0 Å². The van der Waals surface area contributed by atoms with Crippen molar-refractivity contribution in [2.24, 2.45) is 5.41 Å². The number of piperidine rings is 1. The second-order valence-corrected chi connectivity index (χ2v) is 11.6. The standard InChI is InChI=1S/C26H34FN4O2P/c27-22-11-18(14-30-10-8-26(15-30)16-33-17-26)6-7-19(22)12-29-23-5-1-4-21-24(23)34-31(25(21)32)20-3-2-9-28-13-20/h1,4-7,11,20,25,28-29,32,34H,2-3,8-10,12-17H2. The normalized spacial score (nSPS) is 27.2. The van der Waals surface area contributed by atoms with Gasteiger partial charge in [0.15, 0.2) is 0 Å². The number of ether oxygens (including phenoxy) is 1. The maximum Gasteiger partial charge on any atom is 0.137 e. The highest BCUT2D eigenvalue weighted by Gasteiger charge is 2.44. The lowest BCUT2D eigenvalue weighted by molar-refractivity contribution is -0.105. The first-order valence-corrected chi connectivity index (χ1v) is 13.4. The van der Waals surface area contributed by atoms with Crippen LogP contribution < -0.4 is 15.9 Å². The lowest BCUT2D eigenvalue weighted by atomic mass is 9.85. The van der Waals surface area contributed by atoms with E-state index in [0.29, 0.717) is 32.3 Å². The number of aliphatic hydroxyl groups is 1. The van der Waals surface area contributed by atoms with Crippen LogP contribution in [0.5, 0.6) is 0 Å². The Balaban J connectivity index is 1.10. The molecule has 4 heterocycles. The van der Waals surface area contributed by atoms with Crippen molar-refractivity contribution >= 4 is 19.7 Å². The smallest absolute Gasteiger partial charge is 0.137 e. The average molecular weight is 485 g/mol. The molecule has 34 heavy (non-hydrogen) atoms. The lowest BCUT2D eigenvalue weighted by Crippen LogP contribution is -2.44. The molecule has 3 atom stereocenters. The Hall–Kier alpha value is -1.60. The SMILES string of the molecule is OC1c2cccc(NCc3ccc(CN4CCC5(COC5)C4)cc3F)c2PN1C1CCCNC1. The van der Waals surface area contributed by atoms with Crippen LogP contribution in [0.25, 0.3) is 0 Å². The molecule has 6 rings (SSSR count). The zero-order chi connectivity index (χ0) is 23.1. The van der Waals surface area contributed by atoms with Crippen LogP contribution in [0.1, 0.15) is 42.2 Å². The van der Waals surface area contributed by atoms with Gasteiger partial charge >= 0.3 is 0 Å². The number of halogens is 1. The molecule has 8 heteroatoms. The van der Waals surface area contributed by atoms with Gasteiger partial charge < -0.3 is 20.5 Å². The molecule has 0 saturated carbocycles. The molecule has 182 valence electrons. The molecule has 6 nitrogen and oxygen atoms in total. The van der Waals surface area contributed by atoms with E-state index in [1.54, 1.807) is 6.07 Å². The number of rotatable bonds is 6. The molecule has 0 aromatic heterocycles. The molecule has 3 fully saturated rings. The van der Waals surface area contributed by atoms with Crippen molar-refractivity contribution in [2.45, 2.75) is 44.6 Å².